The highest BCUT2D eigenvalue weighted by atomic mass is 32.2. The van der Waals surface area contributed by atoms with Crippen LogP contribution in [0.3, 0.4) is 0 Å². The van der Waals surface area contributed by atoms with Crippen molar-refractivity contribution in [2.75, 3.05) is 69.5 Å². The highest BCUT2D eigenvalue weighted by Crippen LogP contribution is 2.21. The third kappa shape index (κ3) is 41.1. The fraction of sp³-hybridized carbons (Fsp3) is 1.00. The van der Waals surface area contributed by atoms with Crippen LogP contribution in [-0.4, -0.2) is 144 Å². The van der Waals surface area contributed by atoms with E-state index >= 15 is 0 Å². The van der Waals surface area contributed by atoms with Crippen LogP contribution in [-0.2, 0) is 20.2 Å². The van der Waals surface area contributed by atoms with Gasteiger partial charge in [0.25, 0.3) is 0 Å². The molecule has 0 fully saturated rings. The predicted octanol–water partition coefficient (Wildman–Crippen LogP) is 3.44. The summed E-state index contributed by atoms with van der Waals surface area (Å²) in [6.45, 7) is 6.22. The maximum absolute atomic E-state index is 10.7. The lowest BCUT2D eigenvalue weighted by molar-refractivity contribution is -0.0519. The quantitative estimate of drug-likeness (QED) is 0.145. The molecule has 280 valence electrons. The van der Waals surface area contributed by atoms with E-state index in [0.717, 1.165) is 13.1 Å². The average Bonchev–Trinajstić information content (AvgIpc) is 2.61. The summed E-state index contributed by atoms with van der Waals surface area (Å²) in [5, 5.41) is 6.67. The Hall–Kier alpha value is -0.880. The Kier molecular flexibility index (Phi) is 55.6. The Balaban J connectivity index is -0.0000000336. The molecule has 43 heavy (non-hydrogen) atoms. The lowest BCUT2D eigenvalue weighted by atomic mass is 10.6. The van der Waals surface area contributed by atoms with Crippen LogP contribution in [0.25, 0.3) is 0 Å². The van der Waals surface area contributed by atoms with Crippen molar-refractivity contribution in [1.29, 1.82) is 0 Å². The first-order valence-corrected chi connectivity index (χ1v) is 12.7. The molecule has 5 N–H and O–H groups in total. The highest BCUT2D eigenvalue weighted by molar-refractivity contribution is 7.86. The van der Waals surface area contributed by atoms with Crippen LogP contribution >= 0.6 is 0 Å². The molecular weight excluding hydrogens is 638 g/mol. The maximum atomic E-state index is 10.7. The second-order valence-corrected chi connectivity index (χ2v) is 10.3. The van der Waals surface area contributed by atoms with Gasteiger partial charge >= 0.3 is 21.1 Å². The molecule has 0 aromatic carbocycles. The Labute approximate surface area is 259 Å². The van der Waals surface area contributed by atoms with Gasteiger partial charge in [-0.3, -0.25) is 34.8 Å². The molecule has 21 heteroatoms. The summed E-state index contributed by atoms with van der Waals surface area (Å²) in [6.07, 6.45) is 0.704. The normalized spacial score (nSPS) is 10.8. The lowest BCUT2D eigenvalue weighted by Crippen LogP contribution is -2.50. The number of nitrogens with zero attached hydrogens (tertiary/aromatic N) is 4. The third-order valence-electron chi connectivity index (χ3n) is 3.31. The van der Waals surface area contributed by atoms with E-state index in [1.165, 1.54) is 0 Å². The summed E-state index contributed by atoms with van der Waals surface area (Å²) < 4.78 is 116. The monoisotopic (exact) mass is 703 g/mol. The molecule has 0 radical (unpaired) electrons. The Bertz CT molecular complexity index is 692. The Morgan fingerprint density at radius 2 is 0.744 bits per heavy atom. The van der Waals surface area contributed by atoms with Crippen molar-refractivity contribution in [1.82, 2.24) is 30.2 Å². The second-order valence-electron chi connectivity index (χ2n) is 7.54. The molecule has 0 aliphatic heterocycles. The molecule has 0 aliphatic rings. The lowest BCUT2D eigenvalue weighted by Gasteiger charge is -2.30. The Morgan fingerprint density at radius 1 is 0.605 bits per heavy atom. The van der Waals surface area contributed by atoms with Crippen molar-refractivity contribution in [3.8, 4) is 0 Å². The Morgan fingerprint density at radius 3 is 0.767 bits per heavy atom. The maximum Gasteiger partial charge on any atom is 0.522 e. The number of nitrogens with one attached hydrogen (secondary N) is 2. The van der Waals surface area contributed by atoms with Crippen molar-refractivity contribution in [2.24, 2.45) is 0 Å². The molecule has 0 unspecified atom stereocenters. The summed E-state index contributed by atoms with van der Waals surface area (Å²) in [5.41, 5.74) is -11.2. The van der Waals surface area contributed by atoms with E-state index in [-0.39, 0.29) is 50.0 Å². The van der Waals surface area contributed by atoms with Gasteiger partial charge in [-0.05, 0) is 69.5 Å². The molecule has 0 atom stereocenters. The number of rotatable bonds is 8. The van der Waals surface area contributed by atoms with Crippen LogP contribution < -0.4 is 10.6 Å². The van der Waals surface area contributed by atoms with Crippen LogP contribution in [0.15, 0.2) is 0 Å². The van der Waals surface area contributed by atoms with Gasteiger partial charge in [-0.1, -0.05) is 58.4 Å². The molecule has 0 aromatic heterocycles. The van der Waals surface area contributed by atoms with Crippen LogP contribution in [0.2, 0.25) is 0 Å². The first kappa shape index (κ1) is 73.5. The van der Waals surface area contributed by atoms with E-state index in [1.54, 1.807) is 0 Å². The smallest absolute Gasteiger partial charge is 0.522 e. The molecule has 0 aliphatic carbocycles. The number of halogens is 6. The molecule has 0 spiro atoms. The van der Waals surface area contributed by atoms with Crippen LogP contribution in [0, 0.1) is 0 Å². The van der Waals surface area contributed by atoms with Gasteiger partial charge in [0.15, 0.2) is 10.1 Å². The minimum Gasteiger partial charge on any atom is -0.741 e. The number of hydrogen-bond donors (Lipinski definition) is 3. The molecule has 0 bridgehead atoms. The molecule has 0 aromatic rings. The van der Waals surface area contributed by atoms with Crippen LogP contribution in [0.5, 0.6) is 0 Å². The fourth-order valence-electron chi connectivity index (χ4n) is 2.02. The van der Waals surface area contributed by atoms with Crippen molar-refractivity contribution >= 4 is 20.2 Å². The van der Waals surface area contributed by atoms with Gasteiger partial charge in [0.05, 0.1) is 0 Å². The van der Waals surface area contributed by atoms with Gasteiger partial charge < -0.3 is 10.0 Å². The van der Waals surface area contributed by atoms with Crippen LogP contribution in [0.4, 0.5) is 26.3 Å². The van der Waals surface area contributed by atoms with Gasteiger partial charge in [-0.15, -0.1) is 0 Å². The zero-order chi connectivity index (χ0) is 30.3. The zero-order valence-corrected chi connectivity index (χ0v) is 24.1. The number of hydrogen-bond acceptors (Lipinski definition) is 11. The van der Waals surface area contributed by atoms with Crippen LogP contribution in [0.1, 0.15) is 58.4 Å². The second kappa shape index (κ2) is 32.5. The topological polar surface area (TPSA) is 180 Å². The van der Waals surface area contributed by atoms with Crippen molar-refractivity contribution in [3.63, 3.8) is 0 Å². The van der Waals surface area contributed by atoms with Crippen molar-refractivity contribution in [2.45, 2.75) is 82.0 Å². The van der Waals surface area contributed by atoms with E-state index in [2.05, 4.69) is 100 Å². The molecular formula is C22H65F6N6O7S2-. The predicted molar refractivity (Wildman–Crippen MR) is 167 cm³/mol. The van der Waals surface area contributed by atoms with E-state index in [1.807, 2.05) is 0 Å². The average molecular weight is 704 g/mol. The molecule has 0 saturated heterocycles. The van der Waals surface area contributed by atoms with Crippen molar-refractivity contribution < 1.29 is 57.8 Å². The largest absolute Gasteiger partial charge is 0.741 e. The first-order valence-electron chi connectivity index (χ1n) is 9.87. The molecule has 0 rings (SSSR count). The minimum atomic E-state index is -6.09. The molecule has 13 nitrogen and oxygen atoms in total. The SMILES string of the molecule is C.C.C.C.C.C.CCNC(N(C)C)N(C)C.CCNC(N(C)C)N(C)C.O.O=S(=O)(O)C(F)(F)F.O=S(=O)([O-])C(F)(F)F. The van der Waals surface area contributed by atoms with Gasteiger partial charge in [0.1, 0.15) is 12.6 Å². The summed E-state index contributed by atoms with van der Waals surface area (Å²) in [6, 6.07) is 0. The minimum absolute atomic E-state index is 0. The summed E-state index contributed by atoms with van der Waals surface area (Å²) >= 11 is 0. The molecule has 0 heterocycles. The third-order valence-corrected chi connectivity index (χ3v) is 4.46. The standard InChI is InChI=1S/2C7H19N3.2CHF3O3S.6CH4.H2O/c2*1-6-8-7(9(2)3)10(4)5;2*2-1(3,4)8(5,6)7;;;;;;;/h2*7-8H,6H2,1-5H3;2*(H,5,6,7);6*1H4;1H2/p-1. The van der Waals surface area contributed by atoms with Crippen molar-refractivity contribution in [3.05, 3.63) is 0 Å². The fourth-order valence-corrected chi connectivity index (χ4v) is 2.02. The van der Waals surface area contributed by atoms with Gasteiger partial charge in [0.2, 0.25) is 0 Å². The van der Waals surface area contributed by atoms with Gasteiger partial charge in [-0.2, -0.15) is 34.8 Å². The van der Waals surface area contributed by atoms with E-state index in [4.69, 9.17) is 25.9 Å². The zero-order valence-electron chi connectivity index (χ0n) is 22.4. The molecule has 0 saturated carbocycles. The summed E-state index contributed by atoms with van der Waals surface area (Å²) in [4.78, 5) is 8.57. The van der Waals surface area contributed by atoms with E-state index in [9.17, 15) is 26.3 Å². The summed E-state index contributed by atoms with van der Waals surface area (Å²) in [5.74, 6) is 0. The van der Waals surface area contributed by atoms with E-state index < -0.39 is 31.3 Å². The van der Waals surface area contributed by atoms with E-state index in [0.29, 0.717) is 12.6 Å². The highest BCUT2D eigenvalue weighted by Gasteiger charge is 2.44. The van der Waals surface area contributed by atoms with Gasteiger partial charge in [-0.25, -0.2) is 8.42 Å². The summed E-state index contributed by atoms with van der Waals surface area (Å²) in [7, 11) is 4.57. The van der Waals surface area contributed by atoms with Gasteiger partial charge in [0, 0.05) is 0 Å². The number of alkyl halides is 6. The first-order chi connectivity index (χ1) is 15.7. The molecule has 0 amide bonds.